The molecule has 2 saturated heterocycles. The number of nitrogens with one attached hydrogen (secondary N) is 1. The molecule has 2 aliphatic rings. The summed E-state index contributed by atoms with van der Waals surface area (Å²) >= 11 is 0. The molecular formula is C19H25N5O3. The normalized spacial score (nSPS) is 22.7. The number of fused-ring (bicyclic) bond motifs is 2. The Labute approximate surface area is 156 Å². The number of aryl methyl sites for hydroxylation is 2. The highest BCUT2D eigenvalue weighted by atomic mass is 16.2. The fourth-order valence-electron chi connectivity index (χ4n) is 4.43. The van der Waals surface area contributed by atoms with E-state index in [4.69, 9.17) is 0 Å². The first-order chi connectivity index (χ1) is 12.9. The van der Waals surface area contributed by atoms with E-state index in [1.807, 2.05) is 4.90 Å². The zero-order valence-electron chi connectivity index (χ0n) is 16.0. The number of carbonyl (C=O) groups is 1. The van der Waals surface area contributed by atoms with Crippen LogP contribution < -0.4 is 16.6 Å². The maximum Gasteiger partial charge on any atom is 0.332 e. The van der Waals surface area contributed by atoms with Gasteiger partial charge in [-0.3, -0.25) is 18.7 Å². The van der Waals surface area contributed by atoms with Crippen LogP contribution in [0.3, 0.4) is 0 Å². The third kappa shape index (κ3) is 2.88. The van der Waals surface area contributed by atoms with Gasteiger partial charge in [0.05, 0.1) is 5.39 Å². The lowest BCUT2D eigenvalue weighted by Crippen LogP contribution is -2.38. The second-order valence-electron chi connectivity index (χ2n) is 7.78. The molecule has 2 aliphatic heterocycles. The van der Waals surface area contributed by atoms with Crippen LogP contribution >= 0.6 is 0 Å². The Hall–Kier alpha value is -2.48. The van der Waals surface area contributed by atoms with Crippen LogP contribution in [0.5, 0.6) is 0 Å². The van der Waals surface area contributed by atoms with Gasteiger partial charge >= 0.3 is 5.69 Å². The van der Waals surface area contributed by atoms with E-state index < -0.39 is 5.69 Å². The standard InChI is InChI=1S/C19H25N5O3/c1-11-8-14(21-16-15(11)18(26)23(3)19(27)22(16)2)17(25)24-6-4-12-9-20-10-13(12)5-7-24/h8,12-13,20H,4-7,9-10H2,1-3H3/t12-,13+. The Balaban J connectivity index is 1.72. The van der Waals surface area contributed by atoms with E-state index in [0.717, 1.165) is 43.6 Å². The zero-order chi connectivity index (χ0) is 19.3. The van der Waals surface area contributed by atoms with E-state index in [2.05, 4.69) is 10.3 Å². The molecule has 4 heterocycles. The van der Waals surface area contributed by atoms with Gasteiger partial charge in [0.25, 0.3) is 11.5 Å². The van der Waals surface area contributed by atoms with E-state index in [0.29, 0.717) is 28.5 Å². The van der Waals surface area contributed by atoms with Gasteiger partial charge in [0.15, 0.2) is 0 Å². The van der Waals surface area contributed by atoms with E-state index in [1.54, 1.807) is 20.0 Å². The molecule has 0 unspecified atom stereocenters. The van der Waals surface area contributed by atoms with Crippen molar-refractivity contribution in [2.75, 3.05) is 26.2 Å². The first-order valence-corrected chi connectivity index (χ1v) is 9.46. The molecule has 1 N–H and O–H groups in total. The summed E-state index contributed by atoms with van der Waals surface area (Å²) in [4.78, 5) is 44.1. The summed E-state index contributed by atoms with van der Waals surface area (Å²) in [6.45, 7) is 5.29. The van der Waals surface area contributed by atoms with Gasteiger partial charge in [-0.05, 0) is 56.3 Å². The molecule has 2 aromatic rings. The molecule has 0 spiro atoms. The SMILES string of the molecule is Cc1cc(C(=O)N2CC[C@@H]3CNC[C@@H]3CC2)nc2c1c(=O)n(C)c(=O)n2C. The number of carbonyl (C=O) groups excluding carboxylic acids is 1. The van der Waals surface area contributed by atoms with Crippen LogP contribution in [0.2, 0.25) is 0 Å². The third-order valence-corrected chi connectivity index (χ3v) is 6.13. The van der Waals surface area contributed by atoms with Gasteiger partial charge in [-0.15, -0.1) is 0 Å². The fraction of sp³-hybridized carbons (Fsp3) is 0.579. The molecule has 8 heteroatoms. The average molecular weight is 371 g/mol. The maximum absolute atomic E-state index is 13.1. The summed E-state index contributed by atoms with van der Waals surface area (Å²) in [5.41, 5.74) is 0.400. The number of nitrogens with zero attached hydrogens (tertiary/aromatic N) is 4. The van der Waals surface area contributed by atoms with Crippen molar-refractivity contribution in [3.8, 4) is 0 Å². The number of rotatable bonds is 1. The second kappa shape index (κ2) is 6.60. The fourth-order valence-corrected chi connectivity index (χ4v) is 4.43. The van der Waals surface area contributed by atoms with Gasteiger partial charge in [-0.2, -0.15) is 0 Å². The molecule has 0 aromatic carbocycles. The summed E-state index contributed by atoms with van der Waals surface area (Å²) in [6.07, 6.45) is 1.99. The minimum absolute atomic E-state index is 0.124. The van der Waals surface area contributed by atoms with Crippen LogP contribution in [0.25, 0.3) is 11.0 Å². The summed E-state index contributed by atoms with van der Waals surface area (Å²) < 4.78 is 2.40. The Morgan fingerprint density at radius 2 is 1.74 bits per heavy atom. The average Bonchev–Trinajstić information content (AvgIpc) is 3.01. The highest BCUT2D eigenvalue weighted by Crippen LogP contribution is 2.27. The molecule has 27 heavy (non-hydrogen) atoms. The lowest BCUT2D eigenvalue weighted by Gasteiger charge is -2.21. The number of aromatic nitrogens is 3. The molecule has 0 saturated carbocycles. The van der Waals surface area contributed by atoms with Gasteiger partial charge in [0, 0.05) is 27.2 Å². The molecule has 8 nitrogen and oxygen atoms in total. The largest absolute Gasteiger partial charge is 0.337 e. The molecular weight excluding hydrogens is 346 g/mol. The Kier molecular flexibility index (Phi) is 4.38. The first-order valence-electron chi connectivity index (χ1n) is 9.46. The Morgan fingerprint density at radius 1 is 1.11 bits per heavy atom. The second-order valence-corrected chi connectivity index (χ2v) is 7.78. The van der Waals surface area contributed by atoms with Crippen LogP contribution in [0, 0.1) is 18.8 Å². The van der Waals surface area contributed by atoms with Crippen LogP contribution in [-0.4, -0.2) is 51.1 Å². The number of amides is 1. The molecule has 1 amide bonds. The van der Waals surface area contributed by atoms with Crippen molar-refractivity contribution in [3.05, 3.63) is 38.2 Å². The maximum atomic E-state index is 13.1. The van der Waals surface area contributed by atoms with Crippen molar-refractivity contribution in [1.29, 1.82) is 0 Å². The monoisotopic (exact) mass is 371 g/mol. The van der Waals surface area contributed by atoms with Gasteiger partial charge in [-0.25, -0.2) is 9.78 Å². The molecule has 2 aromatic heterocycles. The molecule has 144 valence electrons. The number of pyridine rings is 1. The quantitative estimate of drug-likeness (QED) is 0.763. The zero-order valence-corrected chi connectivity index (χ0v) is 16.0. The topological polar surface area (TPSA) is 89.2 Å². The number of hydrogen-bond donors (Lipinski definition) is 1. The van der Waals surface area contributed by atoms with Gasteiger partial charge in [-0.1, -0.05) is 0 Å². The van der Waals surface area contributed by atoms with E-state index in [1.165, 1.54) is 11.6 Å². The van der Waals surface area contributed by atoms with E-state index >= 15 is 0 Å². The molecule has 4 rings (SSSR count). The van der Waals surface area contributed by atoms with Crippen LogP contribution in [-0.2, 0) is 14.1 Å². The van der Waals surface area contributed by atoms with Crippen molar-refractivity contribution in [3.63, 3.8) is 0 Å². The Bertz CT molecular complexity index is 1020. The lowest BCUT2D eigenvalue weighted by molar-refractivity contribution is 0.0753. The summed E-state index contributed by atoms with van der Waals surface area (Å²) in [5, 5.41) is 3.82. The third-order valence-electron chi connectivity index (χ3n) is 6.13. The predicted molar refractivity (Wildman–Crippen MR) is 102 cm³/mol. The minimum Gasteiger partial charge on any atom is -0.337 e. The van der Waals surface area contributed by atoms with Crippen molar-refractivity contribution in [2.24, 2.45) is 25.9 Å². The number of likely N-dealkylation sites (tertiary alicyclic amines) is 1. The molecule has 0 aliphatic carbocycles. The minimum atomic E-state index is -0.445. The van der Waals surface area contributed by atoms with E-state index in [9.17, 15) is 14.4 Å². The van der Waals surface area contributed by atoms with E-state index in [-0.39, 0.29) is 17.1 Å². The molecule has 0 bridgehead atoms. The predicted octanol–water partition coefficient (Wildman–Crippen LogP) is 0.0122. The smallest absolute Gasteiger partial charge is 0.332 e. The van der Waals surface area contributed by atoms with Crippen LogP contribution in [0.15, 0.2) is 15.7 Å². The summed E-state index contributed by atoms with van der Waals surface area (Å²) in [5.74, 6) is 1.15. The first kappa shape index (κ1) is 17.9. The summed E-state index contributed by atoms with van der Waals surface area (Å²) in [6, 6.07) is 1.67. The van der Waals surface area contributed by atoms with Crippen LogP contribution in [0.4, 0.5) is 0 Å². The molecule has 2 atom stereocenters. The van der Waals surface area contributed by atoms with Gasteiger partial charge in [0.2, 0.25) is 0 Å². The van der Waals surface area contributed by atoms with Crippen molar-refractivity contribution in [2.45, 2.75) is 19.8 Å². The van der Waals surface area contributed by atoms with Gasteiger partial charge in [0.1, 0.15) is 11.3 Å². The highest BCUT2D eigenvalue weighted by molar-refractivity contribution is 5.95. The van der Waals surface area contributed by atoms with Crippen molar-refractivity contribution in [1.82, 2.24) is 24.3 Å². The molecule has 2 fully saturated rings. The van der Waals surface area contributed by atoms with Gasteiger partial charge < -0.3 is 10.2 Å². The van der Waals surface area contributed by atoms with Crippen molar-refractivity contribution < 1.29 is 4.79 Å². The van der Waals surface area contributed by atoms with Crippen molar-refractivity contribution >= 4 is 16.9 Å². The summed E-state index contributed by atoms with van der Waals surface area (Å²) in [7, 11) is 3.02. The Morgan fingerprint density at radius 3 is 2.37 bits per heavy atom. The highest BCUT2D eigenvalue weighted by Gasteiger charge is 2.32. The van der Waals surface area contributed by atoms with Crippen LogP contribution in [0.1, 0.15) is 28.9 Å². The number of hydrogen-bond acceptors (Lipinski definition) is 5. The molecule has 0 radical (unpaired) electrons. The lowest BCUT2D eigenvalue weighted by atomic mass is 9.92.